The fourth-order valence-electron chi connectivity index (χ4n) is 2.45. The van der Waals surface area contributed by atoms with E-state index in [2.05, 4.69) is 0 Å². The average Bonchev–Trinajstić information content (AvgIpc) is 2.66. The quantitative estimate of drug-likeness (QED) is 0.722. The van der Waals surface area contributed by atoms with Gasteiger partial charge in [0.05, 0.1) is 10.9 Å². The van der Waals surface area contributed by atoms with E-state index >= 15 is 0 Å². The number of sulfonamides is 1. The van der Waals surface area contributed by atoms with Crippen LogP contribution in [0.15, 0.2) is 0 Å². The molecule has 1 saturated carbocycles. The van der Waals surface area contributed by atoms with Gasteiger partial charge in [0, 0.05) is 20.1 Å². The number of aliphatic hydroxyl groups is 1. The van der Waals surface area contributed by atoms with Crippen LogP contribution in [0.25, 0.3) is 0 Å². The van der Waals surface area contributed by atoms with Gasteiger partial charge in [-0.25, -0.2) is 12.7 Å². The molecule has 0 bridgehead atoms. The van der Waals surface area contributed by atoms with Crippen molar-refractivity contribution in [2.24, 2.45) is 5.73 Å². The summed E-state index contributed by atoms with van der Waals surface area (Å²) >= 11 is 0. The van der Waals surface area contributed by atoms with E-state index in [0.29, 0.717) is 19.3 Å². The van der Waals surface area contributed by atoms with Crippen LogP contribution in [0.5, 0.6) is 0 Å². The summed E-state index contributed by atoms with van der Waals surface area (Å²) in [6.45, 7) is 2.13. The van der Waals surface area contributed by atoms with E-state index in [4.69, 9.17) is 5.73 Å². The van der Waals surface area contributed by atoms with Gasteiger partial charge in [0.15, 0.2) is 0 Å². The van der Waals surface area contributed by atoms with Crippen molar-refractivity contribution in [1.29, 1.82) is 0 Å². The normalized spacial score (nSPS) is 21.9. The van der Waals surface area contributed by atoms with Gasteiger partial charge in [0.2, 0.25) is 10.0 Å². The number of hydrogen-bond donors (Lipinski definition) is 2. The van der Waals surface area contributed by atoms with Crippen LogP contribution in [-0.2, 0) is 10.0 Å². The highest BCUT2D eigenvalue weighted by atomic mass is 32.2. The lowest BCUT2D eigenvalue weighted by molar-refractivity contribution is 0.0332. The van der Waals surface area contributed by atoms with Crippen LogP contribution in [0.4, 0.5) is 0 Å². The molecule has 1 aliphatic carbocycles. The van der Waals surface area contributed by atoms with Crippen molar-refractivity contribution in [1.82, 2.24) is 4.31 Å². The van der Waals surface area contributed by atoms with E-state index in [9.17, 15) is 13.5 Å². The van der Waals surface area contributed by atoms with Gasteiger partial charge in [-0.1, -0.05) is 19.8 Å². The summed E-state index contributed by atoms with van der Waals surface area (Å²) in [5.74, 6) is 0. The standard InChI is InChI=1S/C11H24N2O3S/c1-3-10(8-12)17(15,16)13(2)9-11(14)6-4-5-7-11/h10,14H,3-9,12H2,1-2H3. The molecular formula is C11H24N2O3S. The lowest BCUT2D eigenvalue weighted by Crippen LogP contribution is -2.46. The molecule has 17 heavy (non-hydrogen) atoms. The van der Waals surface area contributed by atoms with Gasteiger partial charge in [-0.3, -0.25) is 0 Å². The first kappa shape index (κ1) is 14.9. The number of nitrogens with two attached hydrogens (primary N) is 1. The average molecular weight is 264 g/mol. The minimum Gasteiger partial charge on any atom is -0.389 e. The zero-order valence-corrected chi connectivity index (χ0v) is 11.5. The van der Waals surface area contributed by atoms with Crippen molar-refractivity contribution in [2.45, 2.75) is 49.9 Å². The van der Waals surface area contributed by atoms with Crippen molar-refractivity contribution in [2.75, 3.05) is 20.1 Å². The van der Waals surface area contributed by atoms with E-state index in [-0.39, 0.29) is 13.1 Å². The zero-order valence-electron chi connectivity index (χ0n) is 10.7. The topological polar surface area (TPSA) is 83.6 Å². The van der Waals surface area contributed by atoms with Gasteiger partial charge >= 0.3 is 0 Å². The molecular weight excluding hydrogens is 240 g/mol. The lowest BCUT2D eigenvalue weighted by Gasteiger charge is -2.30. The van der Waals surface area contributed by atoms with Crippen LogP contribution in [0, 0.1) is 0 Å². The summed E-state index contributed by atoms with van der Waals surface area (Å²) in [5.41, 5.74) is 4.64. The Morgan fingerprint density at radius 3 is 2.35 bits per heavy atom. The highest BCUT2D eigenvalue weighted by Gasteiger charge is 2.37. The summed E-state index contributed by atoms with van der Waals surface area (Å²) in [6, 6.07) is 0. The van der Waals surface area contributed by atoms with Crippen LogP contribution in [0.3, 0.4) is 0 Å². The van der Waals surface area contributed by atoms with Gasteiger partial charge in [0.25, 0.3) is 0 Å². The monoisotopic (exact) mass is 264 g/mol. The molecule has 0 radical (unpaired) electrons. The van der Waals surface area contributed by atoms with Crippen molar-refractivity contribution in [3.63, 3.8) is 0 Å². The van der Waals surface area contributed by atoms with Gasteiger partial charge in [-0.05, 0) is 19.3 Å². The van der Waals surface area contributed by atoms with Crippen LogP contribution in [-0.4, -0.2) is 48.8 Å². The molecule has 0 amide bonds. The molecule has 0 heterocycles. The maximum absolute atomic E-state index is 12.2. The van der Waals surface area contributed by atoms with Crippen LogP contribution in [0.1, 0.15) is 39.0 Å². The van der Waals surface area contributed by atoms with Gasteiger partial charge < -0.3 is 10.8 Å². The van der Waals surface area contributed by atoms with E-state index in [1.54, 1.807) is 0 Å². The highest BCUT2D eigenvalue weighted by Crippen LogP contribution is 2.30. The second-order valence-corrected chi connectivity index (χ2v) is 7.32. The largest absolute Gasteiger partial charge is 0.389 e. The predicted octanol–water partition coefficient (Wildman–Crippen LogP) is 0.290. The Hall–Kier alpha value is -0.170. The van der Waals surface area contributed by atoms with Crippen molar-refractivity contribution >= 4 is 10.0 Å². The number of nitrogens with zero attached hydrogens (tertiary/aromatic N) is 1. The van der Waals surface area contributed by atoms with Crippen LogP contribution >= 0.6 is 0 Å². The van der Waals surface area contributed by atoms with Gasteiger partial charge in [0.1, 0.15) is 0 Å². The van der Waals surface area contributed by atoms with E-state index in [1.165, 1.54) is 11.4 Å². The molecule has 0 aromatic carbocycles. The second-order valence-electron chi connectivity index (χ2n) is 5.00. The Morgan fingerprint density at radius 1 is 1.41 bits per heavy atom. The van der Waals surface area contributed by atoms with Crippen molar-refractivity contribution in [3.05, 3.63) is 0 Å². The molecule has 1 rings (SSSR count). The fraction of sp³-hybridized carbons (Fsp3) is 1.00. The van der Waals surface area contributed by atoms with Gasteiger partial charge in [-0.15, -0.1) is 0 Å². The van der Waals surface area contributed by atoms with E-state index in [0.717, 1.165) is 12.8 Å². The molecule has 0 spiro atoms. The molecule has 1 unspecified atom stereocenters. The van der Waals surface area contributed by atoms with E-state index < -0.39 is 20.9 Å². The Bertz CT molecular complexity index is 333. The summed E-state index contributed by atoms with van der Waals surface area (Å²) in [4.78, 5) is 0. The maximum Gasteiger partial charge on any atom is 0.218 e. The maximum atomic E-state index is 12.2. The van der Waals surface area contributed by atoms with Crippen LogP contribution < -0.4 is 5.73 Å². The molecule has 6 heteroatoms. The second kappa shape index (κ2) is 5.65. The molecule has 1 fully saturated rings. The van der Waals surface area contributed by atoms with Gasteiger partial charge in [-0.2, -0.15) is 0 Å². The lowest BCUT2D eigenvalue weighted by atomic mass is 10.0. The Labute approximate surface area is 104 Å². The molecule has 1 aliphatic rings. The first-order valence-electron chi connectivity index (χ1n) is 6.23. The summed E-state index contributed by atoms with van der Waals surface area (Å²) in [5, 5.41) is 9.67. The number of likely N-dealkylation sites (N-methyl/N-ethyl adjacent to an activating group) is 1. The first-order valence-corrected chi connectivity index (χ1v) is 7.73. The molecule has 0 saturated heterocycles. The predicted molar refractivity (Wildman–Crippen MR) is 68.1 cm³/mol. The van der Waals surface area contributed by atoms with E-state index in [1.807, 2.05) is 6.92 Å². The third-order valence-corrected chi connectivity index (χ3v) is 5.99. The third-order valence-electron chi connectivity index (χ3n) is 3.63. The fourth-order valence-corrected chi connectivity index (χ4v) is 4.04. The Morgan fingerprint density at radius 2 is 1.94 bits per heavy atom. The van der Waals surface area contributed by atoms with Crippen molar-refractivity contribution in [3.8, 4) is 0 Å². The molecule has 0 aromatic heterocycles. The molecule has 5 nitrogen and oxygen atoms in total. The minimum atomic E-state index is -3.38. The first-order chi connectivity index (χ1) is 7.85. The molecule has 102 valence electrons. The Balaban J connectivity index is 2.71. The third kappa shape index (κ3) is 3.40. The molecule has 3 N–H and O–H groups in total. The Kier molecular flexibility index (Phi) is 4.95. The zero-order chi connectivity index (χ0) is 13.1. The van der Waals surface area contributed by atoms with Crippen molar-refractivity contribution < 1.29 is 13.5 Å². The number of hydrogen-bond acceptors (Lipinski definition) is 4. The van der Waals surface area contributed by atoms with Crippen LogP contribution in [0.2, 0.25) is 0 Å². The molecule has 0 aliphatic heterocycles. The SMILES string of the molecule is CCC(CN)S(=O)(=O)N(C)CC1(O)CCCC1. The number of rotatable bonds is 6. The summed E-state index contributed by atoms with van der Waals surface area (Å²) < 4.78 is 25.6. The summed E-state index contributed by atoms with van der Waals surface area (Å²) in [6.07, 6.45) is 3.82. The molecule has 0 aromatic rings. The summed E-state index contributed by atoms with van der Waals surface area (Å²) in [7, 11) is -1.85. The molecule has 1 atom stereocenters. The smallest absolute Gasteiger partial charge is 0.218 e. The minimum absolute atomic E-state index is 0.127. The highest BCUT2D eigenvalue weighted by molar-refractivity contribution is 7.89.